The number of aromatic nitrogens is 4. The molecule has 0 spiro atoms. The van der Waals surface area contributed by atoms with Crippen LogP contribution in [0.25, 0.3) is 22.3 Å². The van der Waals surface area contributed by atoms with E-state index in [1.54, 1.807) is 13.4 Å². The maximum atomic E-state index is 5.93. The lowest BCUT2D eigenvalue weighted by molar-refractivity contribution is 0.336. The Morgan fingerprint density at radius 1 is 0.853 bits per heavy atom. The van der Waals surface area contributed by atoms with Crippen LogP contribution in [0.2, 0.25) is 0 Å². The van der Waals surface area contributed by atoms with E-state index in [9.17, 15) is 0 Å². The van der Waals surface area contributed by atoms with E-state index in [2.05, 4.69) is 43.8 Å². The van der Waals surface area contributed by atoms with Gasteiger partial charge in [0.25, 0.3) is 0 Å². The quantitative estimate of drug-likeness (QED) is 0.311. The Kier molecular flexibility index (Phi) is 6.21. The van der Waals surface area contributed by atoms with Gasteiger partial charge in [0, 0.05) is 23.2 Å². The third kappa shape index (κ3) is 4.48. The number of fused-ring (bicyclic) bond motifs is 1. The number of ether oxygens (including phenoxy) is 2. The van der Waals surface area contributed by atoms with Gasteiger partial charge < -0.3 is 14.0 Å². The third-order valence-corrected chi connectivity index (χ3v) is 5.78. The van der Waals surface area contributed by atoms with E-state index in [-0.39, 0.29) is 0 Å². The molecule has 0 fully saturated rings. The number of benzene rings is 3. The molecule has 6 nitrogen and oxygen atoms in total. The first-order chi connectivity index (χ1) is 16.7. The summed E-state index contributed by atoms with van der Waals surface area (Å²) < 4.78 is 13.6. The van der Waals surface area contributed by atoms with E-state index in [0.29, 0.717) is 19.6 Å². The van der Waals surface area contributed by atoms with Gasteiger partial charge in [0.15, 0.2) is 0 Å². The third-order valence-electron chi connectivity index (χ3n) is 5.78. The molecule has 0 N–H and O–H groups in total. The molecule has 2 heterocycles. The summed E-state index contributed by atoms with van der Waals surface area (Å²) in [5, 5.41) is 0. The van der Waals surface area contributed by atoms with Crippen LogP contribution < -0.4 is 9.47 Å². The molecular weight excluding hydrogens is 424 g/mol. The van der Waals surface area contributed by atoms with Gasteiger partial charge >= 0.3 is 0 Å². The van der Waals surface area contributed by atoms with Crippen LogP contribution in [-0.2, 0) is 13.0 Å². The van der Waals surface area contributed by atoms with Crippen molar-refractivity contribution < 1.29 is 9.47 Å². The normalized spacial score (nSPS) is 11.0. The number of nitrogens with zero attached hydrogens (tertiary/aromatic N) is 4. The van der Waals surface area contributed by atoms with Crippen molar-refractivity contribution in [3.05, 3.63) is 102 Å². The Labute approximate surface area is 198 Å². The van der Waals surface area contributed by atoms with Crippen LogP contribution in [0.3, 0.4) is 0 Å². The molecule has 0 bridgehead atoms. The summed E-state index contributed by atoms with van der Waals surface area (Å²) in [6, 6.07) is 24.4. The molecule has 0 aliphatic heterocycles. The molecule has 34 heavy (non-hydrogen) atoms. The van der Waals surface area contributed by atoms with Crippen molar-refractivity contribution in [2.45, 2.75) is 19.9 Å². The van der Waals surface area contributed by atoms with Crippen LogP contribution >= 0.6 is 0 Å². The fourth-order valence-corrected chi connectivity index (χ4v) is 4.19. The number of rotatable bonds is 8. The van der Waals surface area contributed by atoms with E-state index in [0.717, 1.165) is 50.6 Å². The zero-order valence-corrected chi connectivity index (χ0v) is 19.3. The monoisotopic (exact) mass is 450 g/mol. The van der Waals surface area contributed by atoms with Crippen molar-refractivity contribution in [3.8, 4) is 22.8 Å². The Hall–Kier alpha value is -4.19. The fourth-order valence-electron chi connectivity index (χ4n) is 4.19. The smallest absolute Gasteiger partial charge is 0.128 e. The van der Waals surface area contributed by atoms with Gasteiger partial charge in [-0.1, -0.05) is 30.3 Å². The lowest BCUT2D eigenvalue weighted by atomic mass is 10.0. The highest BCUT2D eigenvalue weighted by atomic mass is 16.5. The molecule has 5 aromatic rings. The lowest BCUT2D eigenvalue weighted by Crippen LogP contribution is -2.04. The summed E-state index contributed by atoms with van der Waals surface area (Å²) in [6.07, 6.45) is 4.19. The number of hydrogen-bond acceptors (Lipinski definition) is 5. The van der Waals surface area contributed by atoms with E-state index in [1.807, 2.05) is 61.8 Å². The zero-order valence-electron chi connectivity index (χ0n) is 19.3. The van der Waals surface area contributed by atoms with Gasteiger partial charge in [-0.15, -0.1) is 0 Å². The van der Waals surface area contributed by atoms with E-state index in [1.165, 1.54) is 0 Å². The molecule has 170 valence electrons. The largest absolute Gasteiger partial charge is 0.496 e. The highest BCUT2D eigenvalue weighted by Gasteiger charge is 2.11. The van der Waals surface area contributed by atoms with Gasteiger partial charge in [-0.25, -0.2) is 15.0 Å². The fraction of sp³-hybridized carbons (Fsp3) is 0.179. The second-order valence-corrected chi connectivity index (χ2v) is 8.01. The topological polar surface area (TPSA) is 62.1 Å². The molecule has 6 heteroatoms. The first-order valence-electron chi connectivity index (χ1n) is 11.3. The van der Waals surface area contributed by atoms with Crippen LogP contribution in [0.1, 0.15) is 23.7 Å². The zero-order chi connectivity index (χ0) is 23.3. The number of hydrogen-bond donors (Lipinski definition) is 0. The Bertz CT molecular complexity index is 1430. The lowest BCUT2D eigenvalue weighted by Gasteiger charge is -2.14. The molecule has 0 atom stereocenters. The molecule has 2 aromatic heterocycles. The van der Waals surface area contributed by atoms with Crippen LogP contribution in [0.4, 0.5) is 0 Å². The molecule has 0 unspecified atom stereocenters. The number of imidazole rings is 1. The summed E-state index contributed by atoms with van der Waals surface area (Å²) in [6.45, 7) is 3.30. The predicted octanol–water partition coefficient (Wildman–Crippen LogP) is 5.54. The average Bonchev–Trinajstić information content (AvgIpc) is 3.28. The Balaban J connectivity index is 1.45. The summed E-state index contributed by atoms with van der Waals surface area (Å²) in [7, 11) is 1.67. The minimum absolute atomic E-state index is 0.616. The standard InChI is InChI=1S/C28H26N4O2/c1-3-34-27-13-12-20(14-21(27)17-32-19-31-24-9-5-6-10-26(24)32)15-22-16-25(30-18-29-22)23-8-4-7-11-28(23)33-2/h4-14,16,18-19H,3,15,17H2,1-2H3. The van der Waals surface area contributed by atoms with Crippen molar-refractivity contribution in [1.82, 2.24) is 19.5 Å². The average molecular weight is 451 g/mol. The molecule has 0 radical (unpaired) electrons. The molecule has 3 aromatic carbocycles. The van der Waals surface area contributed by atoms with Crippen LogP contribution in [-0.4, -0.2) is 33.2 Å². The van der Waals surface area contributed by atoms with Crippen molar-refractivity contribution in [2.24, 2.45) is 0 Å². The van der Waals surface area contributed by atoms with Crippen LogP contribution in [0.5, 0.6) is 11.5 Å². The van der Waals surface area contributed by atoms with Crippen molar-refractivity contribution in [2.75, 3.05) is 13.7 Å². The maximum Gasteiger partial charge on any atom is 0.128 e. The van der Waals surface area contributed by atoms with Gasteiger partial charge in [0.2, 0.25) is 0 Å². The summed E-state index contributed by atoms with van der Waals surface area (Å²) >= 11 is 0. The van der Waals surface area contributed by atoms with E-state index < -0.39 is 0 Å². The van der Waals surface area contributed by atoms with Gasteiger partial charge in [-0.05, 0) is 55.0 Å². The van der Waals surface area contributed by atoms with E-state index in [4.69, 9.17) is 9.47 Å². The van der Waals surface area contributed by atoms with Gasteiger partial charge in [-0.2, -0.15) is 0 Å². The minimum Gasteiger partial charge on any atom is -0.496 e. The van der Waals surface area contributed by atoms with Crippen LogP contribution in [0.15, 0.2) is 85.5 Å². The molecule has 0 aliphatic rings. The second-order valence-electron chi connectivity index (χ2n) is 8.01. The van der Waals surface area contributed by atoms with Gasteiger partial charge in [-0.3, -0.25) is 0 Å². The number of para-hydroxylation sites is 3. The molecule has 0 saturated heterocycles. The number of methoxy groups -OCH3 is 1. The van der Waals surface area contributed by atoms with E-state index >= 15 is 0 Å². The molecular formula is C28H26N4O2. The predicted molar refractivity (Wildman–Crippen MR) is 133 cm³/mol. The maximum absolute atomic E-state index is 5.93. The molecule has 0 saturated carbocycles. The molecule has 0 amide bonds. The first kappa shape index (κ1) is 21.6. The Morgan fingerprint density at radius 3 is 2.59 bits per heavy atom. The highest BCUT2D eigenvalue weighted by Crippen LogP contribution is 2.29. The van der Waals surface area contributed by atoms with Gasteiger partial charge in [0.05, 0.1) is 43.3 Å². The summed E-state index contributed by atoms with van der Waals surface area (Å²) in [4.78, 5) is 13.5. The van der Waals surface area contributed by atoms with Gasteiger partial charge in [0.1, 0.15) is 17.8 Å². The Morgan fingerprint density at radius 2 is 1.71 bits per heavy atom. The SMILES string of the molecule is CCOc1ccc(Cc2cc(-c3ccccc3OC)ncn2)cc1Cn1cnc2ccccc21. The van der Waals surface area contributed by atoms with Crippen molar-refractivity contribution >= 4 is 11.0 Å². The minimum atomic E-state index is 0.616. The molecule has 0 aliphatic carbocycles. The second kappa shape index (κ2) is 9.75. The molecule has 5 rings (SSSR count). The van der Waals surface area contributed by atoms with Crippen molar-refractivity contribution in [3.63, 3.8) is 0 Å². The van der Waals surface area contributed by atoms with Crippen LogP contribution in [0, 0.1) is 0 Å². The summed E-state index contributed by atoms with van der Waals surface area (Å²) in [5.74, 6) is 1.68. The van der Waals surface area contributed by atoms with Crippen molar-refractivity contribution in [1.29, 1.82) is 0 Å². The first-order valence-corrected chi connectivity index (χ1v) is 11.3. The summed E-state index contributed by atoms with van der Waals surface area (Å²) in [5.41, 5.74) is 7.11. The highest BCUT2D eigenvalue weighted by molar-refractivity contribution is 5.75.